The average Bonchev–Trinajstić information content (AvgIpc) is 2.66. The van der Waals surface area contributed by atoms with E-state index in [2.05, 4.69) is 18.8 Å². The summed E-state index contributed by atoms with van der Waals surface area (Å²) in [6.45, 7) is 6.73. The van der Waals surface area contributed by atoms with Gasteiger partial charge in [-0.2, -0.15) is 0 Å². The molecule has 0 radical (unpaired) electrons. The van der Waals surface area contributed by atoms with Crippen molar-refractivity contribution in [2.24, 2.45) is 5.73 Å². The minimum absolute atomic E-state index is 0.384. The standard InChI is InChI=1S/C10H18N2OS/c1-7(2)9-12-5-8(14-9)10(3,6-11)13-4/h5,7H,6,11H2,1-4H3. The maximum absolute atomic E-state index is 5.69. The Morgan fingerprint density at radius 2 is 2.29 bits per heavy atom. The van der Waals surface area contributed by atoms with Crippen molar-refractivity contribution in [2.45, 2.75) is 32.3 Å². The monoisotopic (exact) mass is 214 g/mol. The number of nitrogens with zero attached hydrogens (tertiary/aromatic N) is 1. The second kappa shape index (κ2) is 4.38. The molecule has 4 heteroatoms. The van der Waals surface area contributed by atoms with Crippen LogP contribution in [0, 0.1) is 0 Å². The SMILES string of the molecule is COC(C)(CN)c1cnc(C(C)C)s1. The minimum atomic E-state index is -0.384. The fourth-order valence-corrected chi connectivity index (χ4v) is 2.14. The van der Waals surface area contributed by atoms with Crippen LogP contribution in [0.3, 0.4) is 0 Å². The first-order valence-corrected chi connectivity index (χ1v) is 5.56. The summed E-state index contributed by atoms with van der Waals surface area (Å²) in [5.74, 6) is 0.465. The topological polar surface area (TPSA) is 48.1 Å². The van der Waals surface area contributed by atoms with E-state index >= 15 is 0 Å². The molecule has 1 aromatic heterocycles. The maximum Gasteiger partial charge on any atom is 0.113 e. The van der Waals surface area contributed by atoms with Gasteiger partial charge in [-0.1, -0.05) is 13.8 Å². The van der Waals surface area contributed by atoms with Crippen LogP contribution in [0.1, 0.15) is 36.6 Å². The number of aromatic nitrogens is 1. The van der Waals surface area contributed by atoms with Crippen LogP contribution in [-0.2, 0) is 10.3 Å². The molecular weight excluding hydrogens is 196 g/mol. The Morgan fingerprint density at radius 3 is 2.64 bits per heavy atom. The molecule has 1 rings (SSSR count). The molecule has 1 heterocycles. The molecule has 14 heavy (non-hydrogen) atoms. The third-order valence-corrected chi connectivity index (χ3v) is 3.92. The van der Waals surface area contributed by atoms with Crippen molar-refractivity contribution in [3.8, 4) is 0 Å². The third-order valence-electron chi connectivity index (χ3n) is 2.38. The molecule has 1 atom stereocenters. The Hall–Kier alpha value is -0.450. The fraction of sp³-hybridized carbons (Fsp3) is 0.700. The van der Waals surface area contributed by atoms with E-state index in [4.69, 9.17) is 10.5 Å². The first kappa shape index (κ1) is 11.6. The van der Waals surface area contributed by atoms with Gasteiger partial charge in [0.05, 0.1) is 9.88 Å². The van der Waals surface area contributed by atoms with E-state index in [0.717, 1.165) is 9.88 Å². The Morgan fingerprint density at radius 1 is 1.64 bits per heavy atom. The maximum atomic E-state index is 5.69. The number of rotatable bonds is 4. The molecule has 80 valence electrons. The summed E-state index contributed by atoms with van der Waals surface area (Å²) in [6.07, 6.45) is 1.87. The molecule has 3 nitrogen and oxygen atoms in total. The molecule has 0 aliphatic carbocycles. The summed E-state index contributed by atoms with van der Waals surface area (Å²) in [6, 6.07) is 0. The lowest BCUT2D eigenvalue weighted by atomic mass is 10.1. The van der Waals surface area contributed by atoms with Gasteiger partial charge in [0, 0.05) is 25.8 Å². The Bertz CT molecular complexity index is 292. The lowest BCUT2D eigenvalue weighted by Crippen LogP contribution is -2.32. The molecule has 1 unspecified atom stereocenters. The molecule has 0 bridgehead atoms. The van der Waals surface area contributed by atoms with E-state index in [1.165, 1.54) is 0 Å². The smallest absolute Gasteiger partial charge is 0.113 e. The molecular formula is C10H18N2OS. The van der Waals surface area contributed by atoms with E-state index in [-0.39, 0.29) is 5.60 Å². The first-order valence-electron chi connectivity index (χ1n) is 4.75. The minimum Gasteiger partial charge on any atom is -0.372 e. The van der Waals surface area contributed by atoms with Crippen LogP contribution < -0.4 is 5.73 Å². The molecule has 0 saturated carbocycles. The van der Waals surface area contributed by atoms with Crippen molar-refractivity contribution in [3.63, 3.8) is 0 Å². The Kier molecular flexibility index (Phi) is 3.64. The molecule has 0 fully saturated rings. The number of hydrogen-bond acceptors (Lipinski definition) is 4. The highest BCUT2D eigenvalue weighted by atomic mass is 32.1. The lowest BCUT2D eigenvalue weighted by molar-refractivity contribution is 0.0131. The summed E-state index contributed by atoms with van der Waals surface area (Å²) in [5.41, 5.74) is 5.30. The van der Waals surface area contributed by atoms with Gasteiger partial charge in [-0.3, -0.25) is 0 Å². The number of ether oxygens (including phenoxy) is 1. The first-order chi connectivity index (χ1) is 6.53. The highest BCUT2D eigenvalue weighted by molar-refractivity contribution is 7.11. The predicted molar refractivity (Wildman–Crippen MR) is 59.6 cm³/mol. The number of thiazole rings is 1. The van der Waals surface area contributed by atoms with Crippen molar-refractivity contribution in [2.75, 3.05) is 13.7 Å². The fourth-order valence-electron chi connectivity index (χ4n) is 1.08. The van der Waals surface area contributed by atoms with E-state index in [9.17, 15) is 0 Å². The van der Waals surface area contributed by atoms with Crippen LogP contribution >= 0.6 is 11.3 Å². The zero-order valence-electron chi connectivity index (χ0n) is 9.20. The van der Waals surface area contributed by atoms with Gasteiger partial charge in [-0.25, -0.2) is 4.98 Å². The van der Waals surface area contributed by atoms with Crippen LogP contribution in [0.5, 0.6) is 0 Å². The largest absolute Gasteiger partial charge is 0.372 e. The van der Waals surface area contributed by atoms with Crippen LogP contribution in [0.25, 0.3) is 0 Å². The summed E-state index contributed by atoms with van der Waals surface area (Å²) < 4.78 is 5.41. The van der Waals surface area contributed by atoms with Gasteiger partial charge in [-0.05, 0) is 6.92 Å². The Labute approximate surface area is 89.3 Å². The van der Waals surface area contributed by atoms with Gasteiger partial charge in [0.2, 0.25) is 0 Å². The van der Waals surface area contributed by atoms with Gasteiger partial charge < -0.3 is 10.5 Å². The van der Waals surface area contributed by atoms with Crippen molar-refractivity contribution >= 4 is 11.3 Å². The van der Waals surface area contributed by atoms with Crippen LogP contribution in [-0.4, -0.2) is 18.6 Å². The summed E-state index contributed by atoms with van der Waals surface area (Å²) in [7, 11) is 1.68. The third kappa shape index (κ3) is 2.13. The van der Waals surface area contributed by atoms with Crippen molar-refractivity contribution < 1.29 is 4.74 Å². The second-order valence-corrected chi connectivity index (χ2v) is 4.92. The van der Waals surface area contributed by atoms with Gasteiger partial charge in [0.1, 0.15) is 5.60 Å². The highest BCUT2D eigenvalue weighted by Crippen LogP contribution is 2.31. The molecule has 0 spiro atoms. The van der Waals surface area contributed by atoms with Crippen molar-refractivity contribution in [1.29, 1.82) is 0 Å². The van der Waals surface area contributed by atoms with Gasteiger partial charge >= 0.3 is 0 Å². The summed E-state index contributed by atoms with van der Waals surface area (Å²) in [5, 5.41) is 1.14. The number of methoxy groups -OCH3 is 1. The van der Waals surface area contributed by atoms with E-state index in [0.29, 0.717) is 12.5 Å². The molecule has 0 aliphatic rings. The second-order valence-electron chi connectivity index (χ2n) is 3.86. The van der Waals surface area contributed by atoms with Crippen molar-refractivity contribution in [3.05, 3.63) is 16.1 Å². The molecule has 1 aromatic rings. The number of nitrogens with two attached hydrogens (primary N) is 1. The summed E-state index contributed by atoms with van der Waals surface area (Å²) in [4.78, 5) is 5.46. The van der Waals surface area contributed by atoms with Crippen LogP contribution in [0.15, 0.2) is 6.20 Å². The van der Waals surface area contributed by atoms with Gasteiger partial charge in [0.15, 0.2) is 0 Å². The number of hydrogen-bond donors (Lipinski definition) is 1. The molecule has 0 aliphatic heterocycles. The van der Waals surface area contributed by atoms with Gasteiger partial charge in [-0.15, -0.1) is 11.3 Å². The molecule has 0 saturated heterocycles. The van der Waals surface area contributed by atoms with Crippen molar-refractivity contribution in [1.82, 2.24) is 4.98 Å². The highest BCUT2D eigenvalue weighted by Gasteiger charge is 2.27. The van der Waals surface area contributed by atoms with E-state index in [1.807, 2.05) is 13.1 Å². The summed E-state index contributed by atoms with van der Waals surface area (Å²) >= 11 is 1.68. The lowest BCUT2D eigenvalue weighted by Gasteiger charge is -2.24. The normalized spacial score (nSPS) is 15.9. The zero-order chi connectivity index (χ0) is 10.8. The van der Waals surface area contributed by atoms with E-state index < -0.39 is 0 Å². The molecule has 2 N–H and O–H groups in total. The predicted octanol–water partition coefficient (Wildman–Crippen LogP) is 2.09. The van der Waals surface area contributed by atoms with Crippen LogP contribution in [0.4, 0.5) is 0 Å². The molecule has 0 aromatic carbocycles. The zero-order valence-corrected chi connectivity index (χ0v) is 10.0. The Balaban J connectivity index is 2.95. The molecule has 0 amide bonds. The van der Waals surface area contributed by atoms with Gasteiger partial charge in [0.25, 0.3) is 0 Å². The average molecular weight is 214 g/mol. The quantitative estimate of drug-likeness (QED) is 0.835. The van der Waals surface area contributed by atoms with E-state index in [1.54, 1.807) is 18.4 Å². The van der Waals surface area contributed by atoms with Crippen LogP contribution in [0.2, 0.25) is 0 Å².